The summed E-state index contributed by atoms with van der Waals surface area (Å²) in [5.74, 6) is -1.04. The Morgan fingerprint density at radius 1 is 0.977 bits per heavy atom. The zero-order valence-electron chi connectivity index (χ0n) is 23.5. The van der Waals surface area contributed by atoms with E-state index in [1.165, 1.54) is 16.9 Å². The lowest BCUT2D eigenvalue weighted by Gasteiger charge is -2.30. The predicted octanol–water partition coefficient (Wildman–Crippen LogP) is 7.30. The van der Waals surface area contributed by atoms with Crippen molar-refractivity contribution in [2.75, 3.05) is 13.1 Å². The van der Waals surface area contributed by atoms with Crippen LogP contribution < -0.4 is 0 Å². The van der Waals surface area contributed by atoms with Gasteiger partial charge < -0.3 is 19.7 Å². The maximum Gasteiger partial charge on any atom is 0.345 e. The van der Waals surface area contributed by atoms with Crippen molar-refractivity contribution < 1.29 is 19.8 Å². The van der Waals surface area contributed by atoms with Gasteiger partial charge in [0, 0.05) is 24.0 Å². The molecule has 2 N–H and O–H groups in total. The topological polar surface area (TPSA) is 95.7 Å². The summed E-state index contributed by atoms with van der Waals surface area (Å²) in [6, 6.07) is 24.1. The van der Waals surface area contributed by atoms with Gasteiger partial charge in [0.1, 0.15) is 11.4 Å². The number of rotatable bonds is 6. The van der Waals surface area contributed by atoms with Crippen LogP contribution >= 0.6 is 22.7 Å². The first-order valence-corrected chi connectivity index (χ1v) is 15.9. The minimum absolute atomic E-state index is 0.0499. The number of likely N-dealkylation sites (tertiary alicyclic amines) is 1. The second kappa shape index (κ2) is 11.1. The molecule has 0 unspecified atom stereocenters. The zero-order valence-corrected chi connectivity index (χ0v) is 25.1. The van der Waals surface area contributed by atoms with Crippen molar-refractivity contribution in [3.05, 3.63) is 88.6 Å². The highest BCUT2D eigenvalue weighted by molar-refractivity contribution is 7.21. The van der Waals surface area contributed by atoms with E-state index in [0.29, 0.717) is 25.9 Å². The smallest absolute Gasteiger partial charge is 0.345 e. The standard InChI is InChI=1S/C34H29N3O4S2/c1-20-15-28(42-19-20)26-10-7-22-16-23(8-9-25(22)35-26)32-31(21-5-3-2-4-6-21)33-27(17-29(43-33)34(40)41)37(32)18-30(39)36-13-11-24(38)12-14-36/h2-10,15-17,19,24,38H,11-14,18H2,1H3,(H,40,41). The number of carbonyl (C=O) groups is 2. The molecule has 7 rings (SSSR count). The zero-order chi connectivity index (χ0) is 29.7. The summed E-state index contributed by atoms with van der Waals surface area (Å²) in [7, 11) is 0. The second-order valence-corrected chi connectivity index (χ2v) is 13.0. The summed E-state index contributed by atoms with van der Waals surface area (Å²) < 4.78 is 2.81. The van der Waals surface area contributed by atoms with E-state index in [1.54, 1.807) is 22.3 Å². The summed E-state index contributed by atoms with van der Waals surface area (Å²) in [4.78, 5) is 33.8. The second-order valence-electron chi connectivity index (χ2n) is 11.0. The van der Waals surface area contributed by atoms with Crippen LogP contribution in [0.25, 0.3) is 54.1 Å². The number of benzene rings is 2. The number of pyridine rings is 1. The molecule has 0 bridgehead atoms. The van der Waals surface area contributed by atoms with Gasteiger partial charge in [-0.1, -0.05) is 42.5 Å². The summed E-state index contributed by atoms with van der Waals surface area (Å²) in [5.41, 5.74) is 7.42. The summed E-state index contributed by atoms with van der Waals surface area (Å²) in [6.45, 7) is 3.15. The minimum atomic E-state index is -0.988. The average Bonchev–Trinajstić information content (AvgIpc) is 3.72. The molecule has 0 saturated carbocycles. The van der Waals surface area contributed by atoms with E-state index < -0.39 is 5.97 Å². The molecule has 216 valence electrons. The highest BCUT2D eigenvalue weighted by Crippen LogP contribution is 2.45. The molecule has 2 aromatic carbocycles. The van der Waals surface area contributed by atoms with Crippen molar-refractivity contribution in [3.8, 4) is 33.0 Å². The number of nitrogens with zero attached hydrogens (tertiary/aromatic N) is 3. The largest absolute Gasteiger partial charge is 0.477 e. The molecule has 6 aromatic rings. The Hall–Kier alpha value is -4.31. The lowest BCUT2D eigenvalue weighted by Crippen LogP contribution is -2.41. The van der Waals surface area contributed by atoms with Gasteiger partial charge in [0.2, 0.25) is 5.91 Å². The predicted molar refractivity (Wildman–Crippen MR) is 173 cm³/mol. The molecule has 0 atom stereocenters. The fraction of sp³-hybridized carbons (Fsp3) is 0.206. The van der Waals surface area contributed by atoms with Crippen molar-refractivity contribution in [1.82, 2.24) is 14.5 Å². The molecule has 1 amide bonds. The fourth-order valence-electron chi connectivity index (χ4n) is 5.89. The van der Waals surface area contributed by atoms with Gasteiger partial charge in [-0.25, -0.2) is 9.78 Å². The molecular formula is C34H29N3O4S2. The number of piperidine rings is 1. The van der Waals surface area contributed by atoms with E-state index in [4.69, 9.17) is 4.98 Å². The number of aryl methyl sites for hydroxylation is 1. The van der Waals surface area contributed by atoms with Crippen molar-refractivity contribution in [2.45, 2.75) is 32.4 Å². The Morgan fingerprint density at radius 2 is 1.77 bits per heavy atom. The number of amides is 1. The first kappa shape index (κ1) is 27.5. The van der Waals surface area contributed by atoms with Crippen LogP contribution in [0.4, 0.5) is 0 Å². The van der Waals surface area contributed by atoms with E-state index in [9.17, 15) is 19.8 Å². The molecule has 5 heterocycles. The number of hydrogen-bond donors (Lipinski definition) is 2. The van der Waals surface area contributed by atoms with Crippen LogP contribution in [0.3, 0.4) is 0 Å². The van der Waals surface area contributed by atoms with Gasteiger partial charge in [-0.15, -0.1) is 22.7 Å². The molecule has 0 aliphatic carbocycles. The third-order valence-electron chi connectivity index (χ3n) is 8.07. The molecule has 1 aliphatic heterocycles. The number of fused-ring (bicyclic) bond motifs is 2. The monoisotopic (exact) mass is 607 g/mol. The molecule has 0 radical (unpaired) electrons. The van der Waals surface area contributed by atoms with Crippen LogP contribution in [0.1, 0.15) is 28.1 Å². The molecule has 1 fully saturated rings. The highest BCUT2D eigenvalue weighted by Gasteiger charge is 2.28. The van der Waals surface area contributed by atoms with E-state index in [0.717, 1.165) is 54.1 Å². The van der Waals surface area contributed by atoms with Crippen LogP contribution in [0.2, 0.25) is 0 Å². The van der Waals surface area contributed by atoms with Crippen LogP contribution in [-0.4, -0.2) is 55.7 Å². The van der Waals surface area contributed by atoms with Gasteiger partial charge in [-0.3, -0.25) is 4.79 Å². The van der Waals surface area contributed by atoms with Crippen LogP contribution in [0.15, 0.2) is 78.2 Å². The third kappa shape index (κ3) is 5.14. The Kier molecular flexibility index (Phi) is 7.09. The Balaban J connectivity index is 1.41. The van der Waals surface area contributed by atoms with Gasteiger partial charge in [-0.2, -0.15) is 0 Å². The number of carbonyl (C=O) groups excluding carboxylic acids is 1. The van der Waals surface area contributed by atoms with Gasteiger partial charge in [0.25, 0.3) is 0 Å². The molecule has 43 heavy (non-hydrogen) atoms. The van der Waals surface area contributed by atoms with Crippen LogP contribution in [-0.2, 0) is 11.3 Å². The number of carboxylic acid groups (broad SMARTS) is 1. The molecule has 7 nitrogen and oxygen atoms in total. The number of aliphatic hydroxyl groups excluding tert-OH is 1. The highest BCUT2D eigenvalue weighted by atomic mass is 32.1. The molecule has 4 aromatic heterocycles. The number of carboxylic acids is 1. The van der Waals surface area contributed by atoms with Gasteiger partial charge in [-0.05, 0) is 72.2 Å². The van der Waals surface area contributed by atoms with E-state index in [1.807, 2.05) is 53.1 Å². The Labute approximate surface area is 256 Å². The molecule has 0 spiro atoms. The quantitative estimate of drug-likeness (QED) is 0.207. The van der Waals surface area contributed by atoms with E-state index in [-0.39, 0.29) is 23.4 Å². The molecule has 1 aliphatic rings. The minimum Gasteiger partial charge on any atom is -0.477 e. The summed E-state index contributed by atoms with van der Waals surface area (Å²) in [5, 5.41) is 23.0. The maximum absolute atomic E-state index is 13.7. The van der Waals surface area contributed by atoms with Gasteiger partial charge in [0.05, 0.1) is 38.1 Å². The fourth-order valence-corrected chi connectivity index (χ4v) is 7.83. The van der Waals surface area contributed by atoms with Gasteiger partial charge >= 0.3 is 5.97 Å². The third-order valence-corrected chi connectivity index (χ3v) is 10.3. The number of aromatic nitrogens is 2. The number of hydrogen-bond acceptors (Lipinski definition) is 6. The van der Waals surface area contributed by atoms with E-state index >= 15 is 0 Å². The number of thiophene rings is 2. The number of aliphatic hydroxyl groups is 1. The van der Waals surface area contributed by atoms with Crippen molar-refractivity contribution in [2.24, 2.45) is 0 Å². The van der Waals surface area contributed by atoms with Crippen molar-refractivity contribution in [3.63, 3.8) is 0 Å². The van der Waals surface area contributed by atoms with Gasteiger partial charge in [0.15, 0.2) is 0 Å². The number of aromatic carboxylic acids is 1. The molecule has 9 heteroatoms. The van der Waals surface area contributed by atoms with Crippen molar-refractivity contribution in [1.29, 1.82) is 0 Å². The molecule has 1 saturated heterocycles. The van der Waals surface area contributed by atoms with Crippen molar-refractivity contribution >= 4 is 55.7 Å². The SMILES string of the molecule is Cc1csc(-c2ccc3cc(-c4c(-c5ccccc5)c5sc(C(=O)O)cc5n4CC(=O)N4CCC(O)CC4)ccc3n2)c1. The molecular weight excluding hydrogens is 579 g/mol. The maximum atomic E-state index is 13.7. The lowest BCUT2D eigenvalue weighted by molar-refractivity contribution is -0.133. The normalized spacial score (nSPS) is 14.1. The first-order valence-electron chi connectivity index (χ1n) is 14.2. The Bertz CT molecular complexity index is 2000. The first-order chi connectivity index (χ1) is 20.9. The summed E-state index contributed by atoms with van der Waals surface area (Å²) >= 11 is 2.92. The van der Waals surface area contributed by atoms with Crippen LogP contribution in [0.5, 0.6) is 0 Å². The Morgan fingerprint density at radius 3 is 2.49 bits per heavy atom. The van der Waals surface area contributed by atoms with Crippen LogP contribution in [0, 0.1) is 6.92 Å². The van der Waals surface area contributed by atoms with E-state index in [2.05, 4.69) is 30.5 Å². The average molecular weight is 608 g/mol. The lowest BCUT2D eigenvalue weighted by atomic mass is 9.99. The summed E-state index contributed by atoms with van der Waals surface area (Å²) in [6.07, 6.45) is 0.732.